The first-order valence-electron chi connectivity index (χ1n) is 15.1. The minimum absolute atomic E-state index is 0.106. The standard InChI is InChI=1S/C33H44N2O3/c1-34(33(36)26-10-13-31(14-11-26)38-23-25-5-6-25)30-12-9-27-20-29(8-7-28(27)21-30)32-4-2-3-17-35(32)22-24-15-18-37-19-16-24/h7-8,10-11,13-14,20,24-25,30,32H,2-6,9,12,15-19,21-23H2,1H3. The monoisotopic (exact) mass is 516 g/mol. The highest BCUT2D eigenvalue weighted by Crippen LogP contribution is 2.35. The number of piperidine rings is 1. The van der Waals surface area contributed by atoms with Crippen molar-refractivity contribution in [3.63, 3.8) is 0 Å². The molecule has 1 saturated carbocycles. The van der Waals surface area contributed by atoms with E-state index in [4.69, 9.17) is 9.47 Å². The number of hydrogen-bond donors (Lipinski definition) is 0. The Hall–Kier alpha value is -2.37. The van der Waals surface area contributed by atoms with Crippen LogP contribution in [-0.2, 0) is 17.6 Å². The fraction of sp³-hybridized carbons (Fsp3) is 0.606. The molecule has 5 nitrogen and oxygen atoms in total. The lowest BCUT2D eigenvalue weighted by Crippen LogP contribution is -2.41. The van der Waals surface area contributed by atoms with Gasteiger partial charge in [0.25, 0.3) is 5.91 Å². The number of nitrogens with zero attached hydrogens (tertiary/aromatic N) is 2. The van der Waals surface area contributed by atoms with Gasteiger partial charge in [-0.2, -0.15) is 0 Å². The van der Waals surface area contributed by atoms with Crippen LogP contribution in [0.5, 0.6) is 5.75 Å². The Balaban J connectivity index is 1.08. The topological polar surface area (TPSA) is 42.0 Å². The number of carbonyl (C=O) groups excluding carboxylic acids is 1. The van der Waals surface area contributed by atoms with Crippen LogP contribution in [0.15, 0.2) is 42.5 Å². The first-order chi connectivity index (χ1) is 18.6. The van der Waals surface area contributed by atoms with E-state index in [2.05, 4.69) is 23.1 Å². The predicted octanol–water partition coefficient (Wildman–Crippen LogP) is 6.06. The van der Waals surface area contributed by atoms with Crippen molar-refractivity contribution in [2.24, 2.45) is 11.8 Å². The summed E-state index contributed by atoms with van der Waals surface area (Å²) < 4.78 is 11.4. The second-order valence-corrected chi connectivity index (χ2v) is 12.2. The molecule has 4 aliphatic rings. The summed E-state index contributed by atoms with van der Waals surface area (Å²) in [4.78, 5) is 18.0. The lowest BCUT2D eigenvalue weighted by molar-refractivity contribution is 0.0382. The van der Waals surface area contributed by atoms with E-state index < -0.39 is 0 Å². The van der Waals surface area contributed by atoms with Gasteiger partial charge in [0.2, 0.25) is 0 Å². The first-order valence-corrected chi connectivity index (χ1v) is 15.1. The number of amides is 1. The summed E-state index contributed by atoms with van der Waals surface area (Å²) in [6.45, 7) is 5.10. The molecule has 0 spiro atoms. The Morgan fingerprint density at radius 3 is 2.55 bits per heavy atom. The maximum Gasteiger partial charge on any atom is 0.253 e. The smallest absolute Gasteiger partial charge is 0.253 e. The molecule has 2 atom stereocenters. The molecule has 2 unspecified atom stereocenters. The molecule has 2 saturated heterocycles. The maximum atomic E-state index is 13.3. The largest absolute Gasteiger partial charge is 0.493 e. The first kappa shape index (κ1) is 25.9. The molecule has 3 fully saturated rings. The number of carbonyl (C=O) groups is 1. The van der Waals surface area contributed by atoms with E-state index in [0.717, 1.165) is 62.2 Å². The number of ether oxygens (including phenoxy) is 2. The maximum absolute atomic E-state index is 13.3. The number of aryl methyl sites for hydroxylation is 1. The van der Waals surface area contributed by atoms with E-state index in [1.807, 2.05) is 36.2 Å². The Morgan fingerprint density at radius 1 is 0.947 bits per heavy atom. The quantitative estimate of drug-likeness (QED) is 0.428. The van der Waals surface area contributed by atoms with Gasteiger partial charge >= 0.3 is 0 Å². The van der Waals surface area contributed by atoms with Crippen molar-refractivity contribution in [3.05, 3.63) is 64.7 Å². The molecule has 2 aromatic rings. The van der Waals surface area contributed by atoms with Crippen LogP contribution in [-0.4, -0.2) is 61.7 Å². The van der Waals surface area contributed by atoms with Crippen LogP contribution in [0, 0.1) is 11.8 Å². The van der Waals surface area contributed by atoms with Crippen LogP contribution in [0.25, 0.3) is 0 Å². The van der Waals surface area contributed by atoms with Crippen LogP contribution >= 0.6 is 0 Å². The average Bonchev–Trinajstić information content (AvgIpc) is 3.81. The van der Waals surface area contributed by atoms with Gasteiger partial charge in [0.15, 0.2) is 0 Å². The predicted molar refractivity (Wildman–Crippen MR) is 151 cm³/mol. The van der Waals surface area contributed by atoms with Crippen molar-refractivity contribution < 1.29 is 14.3 Å². The molecule has 2 aromatic carbocycles. The number of benzene rings is 2. The lowest BCUT2D eigenvalue weighted by Gasteiger charge is -2.39. The van der Waals surface area contributed by atoms with Crippen molar-refractivity contribution >= 4 is 5.91 Å². The third-order valence-electron chi connectivity index (χ3n) is 9.42. The molecule has 0 bridgehead atoms. The number of rotatable bonds is 8. The molecular weight excluding hydrogens is 472 g/mol. The van der Waals surface area contributed by atoms with E-state index in [0.29, 0.717) is 6.04 Å². The van der Waals surface area contributed by atoms with Crippen LogP contribution < -0.4 is 4.74 Å². The SMILES string of the molecule is CN(C(=O)c1ccc(OCC2CC2)cc1)C1CCc2cc(C3CCCCN3CC3CCOCC3)ccc2C1. The van der Waals surface area contributed by atoms with Gasteiger partial charge in [-0.1, -0.05) is 24.6 Å². The summed E-state index contributed by atoms with van der Waals surface area (Å²) in [6, 6.07) is 15.8. The van der Waals surface area contributed by atoms with Gasteiger partial charge in [0.05, 0.1) is 6.61 Å². The van der Waals surface area contributed by atoms with Gasteiger partial charge in [-0.05, 0) is 117 Å². The summed E-state index contributed by atoms with van der Waals surface area (Å²) in [6.07, 6.45) is 11.9. The van der Waals surface area contributed by atoms with E-state index >= 15 is 0 Å². The zero-order valence-corrected chi connectivity index (χ0v) is 23.1. The van der Waals surface area contributed by atoms with Gasteiger partial charge in [-0.3, -0.25) is 9.69 Å². The van der Waals surface area contributed by atoms with Gasteiger partial charge in [-0.15, -0.1) is 0 Å². The molecule has 2 aliphatic carbocycles. The average molecular weight is 517 g/mol. The summed E-state index contributed by atoms with van der Waals surface area (Å²) in [5.74, 6) is 2.48. The van der Waals surface area contributed by atoms with Crippen molar-refractivity contribution in [3.8, 4) is 5.75 Å². The molecular formula is C33H44N2O3. The Bertz CT molecular complexity index is 1090. The van der Waals surface area contributed by atoms with Crippen molar-refractivity contribution in [1.29, 1.82) is 0 Å². The zero-order valence-electron chi connectivity index (χ0n) is 23.1. The van der Waals surface area contributed by atoms with Crippen LogP contribution in [0.2, 0.25) is 0 Å². The number of hydrogen-bond acceptors (Lipinski definition) is 4. The van der Waals surface area contributed by atoms with Crippen molar-refractivity contribution in [1.82, 2.24) is 9.80 Å². The molecule has 204 valence electrons. The zero-order chi connectivity index (χ0) is 25.9. The molecule has 0 N–H and O–H groups in total. The van der Waals surface area contributed by atoms with Crippen LogP contribution in [0.1, 0.15) is 84.5 Å². The summed E-state index contributed by atoms with van der Waals surface area (Å²) in [5.41, 5.74) is 5.16. The third-order valence-corrected chi connectivity index (χ3v) is 9.42. The summed E-state index contributed by atoms with van der Waals surface area (Å²) in [5, 5.41) is 0. The second kappa shape index (κ2) is 11.8. The van der Waals surface area contributed by atoms with E-state index in [-0.39, 0.29) is 11.9 Å². The minimum Gasteiger partial charge on any atom is -0.493 e. The van der Waals surface area contributed by atoms with Crippen LogP contribution in [0.4, 0.5) is 0 Å². The number of likely N-dealkylation sites (N-methyl/N-ethyl adjacent to an activating group) is 1. The van der Waals surface area contributed by atoms with Gasteiger partial charge < -0.3 is 14.4 Å². The number of likely N-dealkylation sites (tertiary alicyclic amines) is 1. The van der Waals surface area contributed by atoms with Crippen LogP contribution in [0.3, 0.4) is 0 Å². The summed E-state index contributed by atoms with van der Waals surface area (Å²) >= 11 is 0. The fourth-order valence-electron chi connectivity index (χ4n) is 6.70. The van der Waals surface area contributed by atoms with E-state index in [1.165, 1.54) is 74.7 Å². The van der Waals surface area contributed by atoms with E-state index in [9.17, 15) is 4.79 Å². The Morgan fingerprint density at radius 2 is 1.76 bits per heavy atom. The molecule has 38 heavy (non-hydrogen) atoms. The highest BCUT2D eigenvalue weighted by molar-refractivity contribution is 5.94. The van der Waals surface area contributed by atoms with E-state index in [1.54, 1.807) is 0 Å². The van der Waals surface area contributed by atoms with Gasteiger partial charge in [0.1, 0.15) is 5.75 Å². The van der Waals surface area contributed by atoms with Gasteiger partial charge in [-0.25, -0.2) is 0 Å². The fourth-order valence-corrected chi connectivity index (χ4v) is 6.70. The number of fused-ring (bicyclic) bond motifs is 1. The molecule has 0 radical (unpaired) electrons. The molecule has 5 heteroatoms. The Kier molecular flexibility index (Phi) is 8.03. The minimum atomic E-state index is 0.106. The highest BCUT2D eigenvalue weighted by Gasteiger charge is 2.30. The van der Waals surface area contributed by atoms with Gasteiger partial charge in [0, 0.05) is 44.5 Å². The third kappa shape index (κ3) is 6.10. The van der Waals surface area contributed by atoms with Crippen molar-refractivity contribution in [2.75, 3.05) is 40.0 Å². The molecule has 2 aliphatic heterocycles. The molecule has 6 rings (SSSR count). The Labute approximate surface area is 228 Å². The molecule has 1 amide bonds. The lowest BCUT2D eigenvalue weighted by atomic mass is 9.84. The normalized spacial score (nSPS) is 24.6. The summed E-state index contributed by atoms with van der Waals surface area (Å²) in [7, 11) is 1.97. The van der Waals surface area contributed by atoms with Crippen molar-refractivity contribution in [2.45, 2.75) is 76.3 Å². The second-order valence-electron chi connectivity index (χ2n) is 12.2. The molecule has 0 aromatic heterocycles. The highest BCUT2D eigenvalue weighted by atomic mass is 16.5. The molecule has 2 heterocycles.